The summed E-state index contributed by atoms with van der Waals surface area (Å²) in [4.78, 5) is 0. The van der Waals surface area contributed by atoms with E-state index in [1.54, 1.807) is 0 Å². The maximum absolute atomic E-state index is 10.6. The zero-order chi connectivity index (χ0) is 8.27. The summed E-state index contributed by atoms with van der Waals surface area (Å²) in [5.74, 6) is 3.12. The summed E-state index contributed by atoms with van der Waals surface area (Å²) in [5, 5.41) is 3.55. The lowest BCUT2D eigenvalue weighted by atomic mass is 10.1. The Kier molecular flexibility index (Phi) is 2.49. The van der Waals surface area contributed by atoms with Crippen LogP contribution in [0.25, 0.3) is 0 Å². The lowest BCUT2D eigenvalue weighted by molar-refractivity contribution is 0.383. The molecule has 0 aromatic carbocycles. The predicted octanol–water partition coefficient (Wildman–Crippen LogP) is 0.158. The van der Waals surface area contributed by atoms with Crippen LogP contribution < -0.4 is 4.72 Å². The van der Waals surface area contributed by atoms with Gasteiger partial charge in [-0.3, -0.25) is 9.01 Å². The van der Waals surface area contributed by atoms with E-state index in [-0.39, 0.29) is 5.92 Å². The van der Waals surface area contributed by atoms with Crippen molar-refractivity contribution in [2.75, 3.05) is 0 Å². The average molecular weight is 172 g/mol. The van der Waals surface area contributed by atoms with Crippen LogP contribution in [-0.2, 0) is 15.6 Å². The molecule has 0 aromatic rings. The summed E-state index contributed by atoms with van der Waals surface area (Å²) >= 11 is -1.50. The van der Waals surface area contributed by atoms with Gasteiger partial charge in [-0.25, -0.2) is 0 Å². The second kappa shape index (κ2) is 3.39. The minimum Gasteiger partial charge on any atom is -0.269 e. The fourth-order valence-corrected chi connectivity index (χ4v) is 1.26. The van der Waals surface area contributed by atoms with Crippen molar-refractivity contribution in [1.29, 1.82) is 0 Å². The molecule has 60 valence electrons. The molecule has 0 fully saturated rings. The summed E-state index contributed by atoms with van der Waals surface area (Å²) in [6.45, 7) is 1.89. The SMILES string of the molecule is C#CC[C@H](C)C1=NOS(=O)N1. The first-order valence-electron chi connectivity index (χ1n) is 3.11. The molecular formula is C6H8N2O2S. The quantitative estimate of drug-likeness (QED) is 0.603. The molecule has 1 heterocycles. The highest BCUT2D eigenvalue weighted by molar-refractivity contribution is 7.79. The van der Waals surface area contributed by atoms with Crippen molar-refractivity contribution in [3.8, 4) is 12.3 Å². The Labute approximate surface area is 67.8 Å². The van der Waals surface area contributed by atoms with Crippen LogP contribution in [0, 0.1) is 18.3 Å². The molecule has 1 unspecified atom stereocenters. The molecule has 4 nitrogen and oxygen atoms in total. The molecule has 0 saturated heterocycles. The monoisotopic (exact) mass is 172 g/mol. The van der Waals surface area contributed by atoms with E-state index in [0.717, 1.165) is 0 Å². The van der Waals surface area contributed by atoms with Gasteiger partial charge in [-0.05, 0) is 0 Å². The third-order valence-corrected chi connectivity index (χ3v) is 1.87. The highest BCUT2D eigenvalue weighted by Gasteiger charge is 2.19. The molecule has 0 aliphatic carbocycles. The van der Waals surface area contributed by atoms with E-state index < -0.39 is 11.3 Å². The number of terminal acetylenes is 1. The van der Waals surface area contributed by atoms with Crippen molar-refractivity contribution < 1.29 is 8.49 Å². The number of hydrogen-bond donors (Lipinski definition) is 1. The van der Waals surface area contributed by atoms with Crippen molar-refractivity contribution in [2.45, 2.75) is 13.3 Å². The van der Waals surface area contributed by atoms with Crippen molar-refractivity contribution >= 4 is 17.1 Å². The molecule has 0 bridgehead atoms. The molecule has 0 saturated carbocycles. The molecule has 1 rings (SSSR count). The summed E-state index contributed by atoms with van der Waals surface area (Å²) in [7, 11) is 0. The molecule has 0 radical (unpaired) electrons. The maximum Gasteiger partial charge on any atom is 0.338 e. The lowest BCUT2D eigenvalue weighted by Crippen LogP contribution is -2.25. The number of amidine groups is 1. The smallest absolute Gasteiger partial charge is 0.269 e. The van der Waals surface area contributed by atoms with Crippen LogP contribution >= 0.6 is 0 Å². The average Bonchev–Trinajstić information content (AvgIpc) is 2.36. The molecule has 1 N–H and O–H groups in total. The minimum atomic E-state index is -1.50. The predicted molar refractivity (Wildman–Crippen MR) is 42.4 cm³/mol. The van der Waals surface area contributed by atoms with Gasteiger partial charge in [0.15, 0.2) is 5.84 Å². The van der Waals surface area contributed by atoms with Gasteiger partial charge in [0.2, 0.25) is 0 Å². The third-order valence-electron chi connectivity index (χ3n) is 1.28. The number of nitrogens with one attached hydrogen (secondary N) is 1. The zero-order valence-corrected chi connectivity index (χ0v) is 6.85. The summed E-state index contributed by atoms with van der Waals surface area (Å²) in [5.41, 5.74) is 0. The van der Waals surface area contributed by atoms with E-state index in [1.165, 1.54) is 0 Å². The van der Waals surface area contributed by atoms with E-state index in [4.69, 9.17) is 6.42 Å². The van der Waals surface area contributed by atoms with Crippen molar-refractivity contribution in [1.82, 2.24) is 4.72 Å². The van der Waals surface area contributed by atoms with Crippen LogP contribution in [0.2, 0.25) is 0 Å². The first kappa shape index (κ1) is 8.08. The highest BCUT2D eigenvalue weighted by atomic mass is 32.2. The maximum atomic E-state index is 10.6. The minimum absolute atomic E-state index is 0.0754. The first-order valence-corrected chi connectivity index (χ1v) is 4.19. The third kappa shape index (κ3) is 1.95. The van der Waals surface area contributed by atoms with Crippen LogP contribution in [0.3, 0.4) is 0 Å². The highest BCUT2D eigenvalue weighted by Crippen LogP contribution is 2.07. The van der Waals surface area contributed by atoms with Gasteiger partial charge in [-0.2, -0.15) is 4.21 Å². The molecule has 11 heavy (non-hydrogen) atoms. The van der Waals surface area contributed by atoms with Crippen LogP contribution in [-0.4, -0.2) is 10.0 Å². The second-order valence-electron chi connectivity index (χ2n) is 2.20. The molecule has 1 aliphatic heterocycles. The molecule has 5 heteroatoms. The van der Waals surface area contributed by atoms with E-state index >= 15 is 0 Å². The number of rotatable bonds is 2. The molecule has 0 amide bonds. The largest absolute Gasteiger partial charge is 0.338 e. The Morgan fingerprint density at radius 2 is 2.73 bits per heavy atom. The van der Waals surface area contributed by atoms with Gasteiger partial charge in [0.25, 0.3) is 0 Å². The van der Waals surface area contributed by atoms with E-state index in [0.29, 0.717) is 12.3 Å². The fraction of sp³-hybridized carbons (Fsp3) is 0.500. The number of hydrogen-bond acceptors (Lipinski definition) is 3. The Morgan fingerprint density at radius 3 is 3.18 bits per heavy atom. The van der Waals surface area contributed by atoms with Gasteiger partial charge in [0.05, 0.1) is 0 Å². The Hall–Kier alpha value is -1.02. The van der Waals surface area contributed by atoms with Crippen LogP contribution in [0.1, 0.15) is 13.3 Å². The topological polar surface area (TPSA) is 50.7 Å². The summed E-state index contributed by atoms with van der Waals surface area (Å²) in [6, 6.07) is 0. The summed E-state index contributed by atoms with van der Waals surface area (Å²) in [6.07, 6.45) is 5.64. The van der Waals surface area contributed by atoms with E-state index in [2.05, 4.69) is 20.1 Å². The standard InChI is InChI=1S/C6H8N2O2S/c1-3-4-5(2)6-7-10-11(9)8-6/h1,5H,4H2,2H3,(H,7,8)/t5-,11?/m0/s1. The Morgan fingerprint density at radius 1 is 2.00 bits per heavy atom. The lowest BCUT2D eigenvalue weighted by Gasteiger charge is -2.02. The van der Waals surface area contributed by atoms with Gasteiger partial charge in [-0.1, -0.05) is 12.1 Å². The molecular weight excluding hydrogens is 164 g/mol. The van der Waals surface area contributed by atoms with Gasteiger partial charge in [0.1, 0.15) is 0 Å². The fourth-order valence-electron chi connectivity index (χ4n) is 0.661. The van der Waals surface area contributed by atoms with Crippen LogP contribution in [0.5, 0.6) is 0 Å². The van der Waals surface area contributed by atoms with Crippen molar-refractivity contribution in [3.63, 3.8) is 0 Å². The molecule has 0 aromatic heterocycles. The van der Waals surface area contributed by atoms with Crippen LogP contribution in [0.4, 0.5) is 0 Å². The van der Waals surface area contributed by atoms with E-state index in [1.807, 2.05) is 6.92 Å². The molecule has 1 aliphatic rings. The van der Waals surface area contributed by atoms with Crippen molar-refractivity contribution in [2.24, 2.45) is 11.1 Å². The normalized spacial score (nSPS) is 24.4. The Bertz CT molecular complexity index is 243. The number of oxime groups is 1. The van der Waals surface area contributed by atoms with E-state index in [9.17, 15) is 4.21 Å². The second-order valence-corrected chi connectivity index (χ2v) is 3.02. The zero-order valence-electron chi connectivity index (χ0n) is 6.03. The van der Waals surface area contributed by atoms with Crippen LogP contribution in [0.15, 0.2) is 5.16 Å². The Balaban J connectivity index is 2.50. The van der Waals surface area contributed by atoms with Gasteiger partial charge in [-0.15, -0.1) is 12.3 Å². The van der Waals surface area contributed by atoms with Crippen molar-refractivity contribution in [3.05, 3.63) is 0 Å². The van der Waals surface area contributed by atoms with Gasteiger partial charge >= 0.3 is 11.3 Å². The van der Waals surface area contributed by atoms with Gasteiger partial charge < -0.3 is 0 Å². The first-order chi connectivity index (χ1) is 5.24. The summed E-state index contributed by atoms with van der Waals surface area (Å²) < 4.78 is 17.5. The van der Waals surface area contributed by atoms with Gasteiger partial charge in [0, 0.05) is 12.3 Å². The molecule has 2 atom stereocenters. The molecule has 0 spiro atoms. The number of nitrogens with zero attached hydrogens (tertiary/aromatic N) is 1.